The van der Waals surface area contributed by atoms with Crippen molar-refractivity contribution in [2.24, 2.45) is 11.7 Å². The van der Waals surface area contributed by atoms with Crippen LogP contribution in [0.15, 0.2) is 18.2 Å². The van der Waals surface area contributed by atoms with Crippen LogP contribution in [0, 0.1) is 5.92 Å². The van der Waals surface area contributed by atoms with Gasteiger partial charge in [-0.15, -0.1) is 0 Å². The van der Waals surface area contributed by atoms with Crippen LogP contribution in [0.2, 0.25) is 0 Å². The number of benzene rings is 1. The van der Waals surface area contributed by atoms with Crippen molar-refractivity contribution in [3.63, 3.8) is 0 Å². The molecule has 1 unspecified atom stereocenters. The average molecular weight is 292 g/mol. The van der Waals surface area contributed by atoms with E-state index in [0.29, 0.717) is 25.3 Å². The summed E-state index contributed by atoms with van der Waals surface area (Å²) in [6.07, 6.45) is 3.42. The van der Waals surface area contributed by atoms with Crippen LogP contribution in [0.1, 0.15) is 24.8 Å². The van der Waals surface area contributed by atoms with Crippen molar-refractivity contribution in [2.45, 2.75) is 31.7 Å². The van der Waals surface area contributed by atoms with Crippen LogP contribution in [0.4, 0.5) is 0 Å². The van der Waals surface area contributed by atoms with Crippen molar-refractivity contribution >= 4 is 5.91 Å². The van der Waals surface area contributed by atoms with Gasteiger partial charge in [-0.3, -0.25) is 4.79 Å². The van der Waals surface area contributed by atoms with Crippen LogP contribution in [0.5, 0.6) is 11.5 Å². The van der Waals surface area contributed by atoms with Gasteiger partial charge in [0.15, 0.2) is 0 Å². The number of ether oxygens (including phenoxy) is 2. The quantitative estimate of drug-likeness (QED) is 0.761. The fraction of sp³-hybridized carbons (Fsp3) is 0.562. The monoisotopic (exact) mass is 292 g/mol. The Morgan fingerprint density at radius 2 is 2.14 bits per heavy atom. The van der Waals surface area contributed by atoms with Gasteiger partial charge in [0.2, 0.25) is 5.91 Å². The predicted molar refractivity (Wildman–Crippen MR) is 81.6 cm³/mol. The zero-order valence-electron chi connectivity index (χ0n) is 12.7. The van der Waals surface area contributed by atoms with Gasteiger partial charge >= 0.3 is 0 Å². The van der Waals surface area contributed by atoms with E-state index in [0.717, 1.165) is 17.1 Å². The summed E-state index contributed by atoms with van der Waals surface area (Å²) < 4.78 is 10.5. The molecule has 1 saturated carbocycles. The minimum Gasteiger partial charge on any atom is -0.497 e. The lowest BCUT2D eigenvalue weighted by molar-refractivity contribution is -0.121. The van der Waals surface area contributed by atoms with E-state index in [4.69, 9.17) is 15.2 Å². The second-order valence-corrected chi connectivity index (χ2v) is 5.48. The Balaban J connectivity index is 1.82. The Morgan fingerprint density at radius 1 is 1.38 bits per heavy atom. The average Bonchev–Trinajstić information content (AvgIpc) is 3.35. The molecule has 0 saturated heterocycles. The van der Waals surface area contributed by atoms with Gasteiger partial charge in [-0.05, 0) is 48.9 Å². The topological polar surface area (TPSA) is 73.6 Å². The van der Waals surface area contributed by atoms with Crippen LogP contribution < -0.4 is 20.5 Å². The van der Waals surface area contributed by atoms with Crippen molar-refractivity contribution < 1.29 is 14.3 Å². The molecule has 1 aliphatic rings. The maximum Gasteiger partial charge on any atom is 0.220 e. The predicted octanol–water partition coefficient (Wildman–Crippen LogP) is 1.49. The highest BCUT2D eigenvalue weighted by Crippen LogP contribution is 2.31. The SMILES string of the molecule is COc1ccc(OC)c(CCC(=O)NCC(N)C2CC2)c1. The first-order valence-corrected chi connectivity index (χ1v) is 7.37. The summed E-state index contributed by atoms with van der Waals surface area (Å²) in [6, 6.07) is 5.70. The number of nitrogens with two attached hydrogens (primary N) is 1. The summed E-state index contributed by atoms with van der Waals surface area (Å²) in [4.78, 5) is 11.9. The lowest BCUT2D eigenvalue weighted by Crippen LogP contribution is -2.38. The molecule has 5 nitrogen and oxygen atoms in total. The largest absolute Gasteiger partial charge is 0.497 e. The summed E-state index contributed by atoms with van der Waals surface area (Å²) >= 11 is 0. The molecular weight excluding hydrogens is 268 g/mol. The number of methoxy groups -OCH3 is 2. The summed E-state index contributed by atoms with van der Waals surface area (Å²) in [5, 5.41) is 2.90. The van der Waals surface area contributed by atoms with Crippen molar-refractivity contribution in [2.75, 3.05) is 20.8 Å². The van der Waals surface area contributed by atoms with E-state index in [-0.39, 0.29) is 11.9 Å². The van der Waals surface area contributed by atoms with Crippen LogP contribution in [0.3, 0.4) is 0 Å². The normalized spacial score (nSPS) is 15.4. The van der Waals surface area contributed by atoms with Crippen molar-refractivity contribution in [3.8, 4) is 11.5 Å². The van der Waals surface area contributed by atoms with Gasteiger partial charge in [-0.25, -0.2) is 0 Å². The molecule has 1 fully saturated rings. The maximum absolute atomic E-state index is 11.9. The van der Waals surface area contributed by atoms with E-state index < -0.39 is 0 Å². The molecule has 0 spiro atoms. The minimum absolute atomic E-state index is 0.0240. The Morgan fingerprint density at radius 3 is 2.76 bits per heavy atom. The lowest BCUT2D eigenvalue weighted by atomic mass is 10.1. The number of amides is 1. The highest BCUT2D eigenvalue weighted by atomic mass is 16.5. The number of rotatable bonds is 8. The van der Waals surface area contributed by atoms with Gasteiger partial charge in [-0.2, -0.15) is 0 Å². The molecular formula is C16H24N2O3. The standard InChI is InChI=1S/C16H24N2O3/c1-20-13-6-7-15(21-2)12(9-13)5-8-16(19)18-10-14(17)11-3-4-11/h6-7,9,11,14H,3-5,8,10,17H2,1-2H3,(H,18,19). The van der Waals surface area contributed by atoms with Gasteiger partial charge in [-0.1, -0.05) is 0 Å². The van der Waals surface area contributed by atoms with Crippen molar-refractivity contribution in [1.82, 2.24) is 5.32 Å². The Labute approximate surface area is 125 Å². The van der Waals surface area contributed by atoms with E-state index >= 15 is 0 Å². The number of hydrogen-bond acceptors (Lipinski definition) is 4. The number of hydrogen-bond donors (Lipinski definition) is 2. The second kappa shape index (κ2) is 7.31. The first-order valence-electron chi connectivity index (χ1n) is 7.37. The Hall–Kier alpha value is -1.75. The second-order valence-electron chi connectivity index (χ2n) is 5.48. The molecule has 1 aromatic rings. The van der Waals surface area contributed by atoms with Gasteiger partial charge in [0, 0.05) is 19.0 Å². The van der Waals surface area contributed by atoms with E-state index in [9.17, 15) is 4.79 Å². The molecule has 5 heteroatoms. The maximum atomic E-state index is 11.9. The van der Waals surface area contributed by atoms with Gasteiger partial charge in [0.1, 0.15) is 11.5 Å². The summed E-state index contributed by atoms with van der Waals surface area (Å²) in [5.41, 5.74) is 6.94. The third-order valence-electron chi connectivity index (χ3n) is 3.87. The fourth-order valence-electron chi connectivity index (χ4n) is 2.34. The van der Waals surface area contributed by atoms with Crippen LogP contribution in [-0.2, 0) is 11.2 Å². The van der Waals surface area contributed by atoms with Crippen molar-refractivity contribution in [1.29, 1.82) is 0 Å². The molecule has 116 valence electrons. The van der Waals surface area contributed by atoms with Crippen LogP contribution in [0.25, 0.3) is 0 Å². The van der Waals surface area contributed by atoms with Crippen molar-refractivity contribution in [3.05, 3.63) is 23.8 Å². The zero-order chi connectivity index (χ0) is 15.2. The number of carbonyl (C=O) groups is 1. The Bertz CT molecular complexity index is 486. The molecule has 1 amide bonds. The first kappa shape index (κ1) is 15.6. The van der Waals surface area contributed by atoms with E-state index in [1.165, 1.54) is 12.8 Å². The molecule has 0 radical (unpaired) electrons. The Kier molecular flexibility index (Phi) is 5.44. The molecule has 1 aromatic carbocycles. The van der Waals surface area contributed by atoms with E-state index in [2.05, 4.69) is 5.32 Å². The van der Waals surface area contributed by atoms with E-state index in [1.807, 2.05) is 18.2 Å². The van der Waals surface area contributed by atoms with Crippen LogP contribution >= 0.6 is 0 Å². The first-order chi connectivity index (χ1) is 10.1. The fourth-order valence-corrected chi connectivity index (χ4v) is 2.34. The van der Waals surface area contributed by atoms with Gasteiger partial charge in [0.25, 0.3) is 0 Å². The summed E-state index contributed by atoms with van der Waals surface area (Å²) in [6.45, 7) is 0.568. The third-order valence-corrected chi connectivity index (χ3v) is 3.87. The number of nitrogens with one attached hydrogen (secondary N) is 1. The van der Waals surface area contributed by atoms with E-state index in [1.54, 1.807) is 14.2 Å². The number of aryl methyl sites for hydroxylation is 1. The van der Waals surface area contributed by atoms with Gasteiger partial charge in [0.05, 0.1) is 14.2 Å². The molecule has 1 atom stereocenters. The molecule has 0 aliphatic heterocycles. The molecule has 3 N–H and O–H groups in total. The molecule has 0 heterocycles. The molecule has 0 aromatic heterocycles. The molecule has 2 rings (SSSR count). The zero-order valence-corrected chi connectivity index (χ0v) is 12.7. The smallest absolute Gasteiger partial charge is 0.220 e. The highest BCUT2D eigenvalue weighted by molar-refractivity contribution is 5.76. The summed E-state index contributed by atoms with van der Waals surface area (Å²) in [5.74, 6) is 2.17. The highest BCUT2D eigenvalue weighted by Gasteiger charge is 2.28. The minimum atomic E-state index is 0.0240. The summed E-state index contributed by atoms with van der Waals surface area (Å²) in [7, 11) is 3.25. The van der Waals surface area contributed by atoms with Gasteiger partial charge < -0.3 is 20.5 Å². The molecule has 0 bridgehead atoms. The lowest BCUT2D eigenvalue weighted by Gasteiger charge is -2.13. The molecule has 21 heavy (non-hydrogen) atoms. The molecule has 1 aliphatic carbocycles. The third kappa shape index (κ3) is 4.63. The number of carbonyl (C=O) groups excluding carboxylic acids is 1. The van der Waals surface area contributed by atoms with Crippen LogP contribution in [-0.4, -0.2) is 32.7 Å².